The molecule has 0 saturated carbocycles. The minimum atomic E-state index is 0.559. The Hall–Kier alpha value is -1.59. The predicted molar refractivity (Wildman–Crippen MR) is 89.9 cm³/mol. The fourth-order valence-electron chi connectivity index (χ4n) is 3.51. The highest BCUT2D eigenvalue weighted by molar-refractivity contribution is 6.31. The maximum absolute atomic E-state index is 6.39. The standard InChI is InChI=1S/C17H21ClN4O/c1-12-19-20-17(22(12)9-13-6-8-23-11-13)21-7-5-14-3-2-4-16(18)15(14)10-21/h2-4,13H,5-11H2,1H3. The van der Waals surface area contributed by atoms with E-state index in [4.69, 9.17) is 16.3 Å². The average molecular weight is 333 g/mol. The second kappa shape index (κ2) is 6.13. The van der Waals surface area contributed by atoms with Crippen LogP contribution >= 0.6 is 11.6 Å². The van der Waals surface area contributed by atoms with E-state index in [0.717, 1.165) is 62.5 Å². The highest BCUT2D eigenvalue weighted by Gasteiger charge is 2.25. The van der Waals surface area contributed by atoms with Gasteiger partial charge in [0.25, 0.3) is 0 Å². The molecule has 5 nitrogen and oxygen atoms in total. The topological polar surface area (TPSA) is 43.2 Å². The summed E-state index contributed by atoms with van der Waals surface area (Å²) in [5.41, 5.74) is 2.57. The summed E-state index contributed by atoms with van der Waals surface area (Å²) < 4.78 is 7.75. The Kier molecular flexibility index (Phi) is 3.99. The lowest BCUT2D eigenvalue weighted by Gasteiger charge is -2.30. The predicted octanol–water partition coefficient (Wildman–Crippen LogP) is 2.84. The summed E-state index contributed by atoms with van der Waals surface area (Å²) in [6, 6.07) is 6.17. The Labute approximate surface area is 141 Å². The first-order valence-corrected chi connectivity index (χ1v) is 8.59. The molecule has 0 spiro atoms. The van der Waals surface area contributed by atoms with Crippen LogP contribution in [0.1, 0.15) is 23.4 Å². The maximum atomic E-state index is 6.39. The van der Waals surface area contributed by atoms with Gasteiger partial charge in [-0.1, -0.05) is 23.7 Å². The zero-order chi connectivity index (χ0) is 15.8. The van der Waals surface area contributed by atoms with Gasteiger partial charge in [-0.2, -0.15) is 0 Å². The lowest BCUT2D eigenvalue weighted by atomic mass is 10.00. The van der Waals surface area contributed by atoms with Crippen LogP contribution in [0.5, 0.6) is 0 Å². The monoisotopic (exact) mass is 332 g/mol. The van der Waals surface area contributed by atoms with Gasteiger partial charge in [-0.05, 0) is 37.0 Å². The molecule has 1 saturated heterocycles. The number of rotatable bonds is 3. The minimum absolute atomic E-state index is 0.559. The Balaban J connectivity index is 1.60. The molecule has 4 rings (SSSR count). The van der Waals surface area contributed by atoms with Crippen LogP contribution in [0.4, 0.5) is 5.95 Å². The molecule has 2 aromatic rings. The fraction of sp³-hybridized carbons (Fsp3) is 0.529. The Morgan fingerprint density at radius 1 is 1.35 bits per heavy atom. The van der Waals surface area contributed by atoms with Gasteiger partial charge in [0.15, 0.2) is 0 Å². The first kappa shape index (κ1) is 15.0. The lowest BCUT2D eigenvalue weighted by Crippen LogP contribution is -2.33. The molecule has 1 unspecified atom stereocenters. The summed E-state index contributed by atoms with van der Waals surface area (Å²) in [5.74, 6) is 2.49. The van der Waals surface area contributed by atoms with Crippen LogP contribution in [0.2, 0.25) is 5.02 Å². The number of nitrogens with zero attached hydrogens (tertiary/aromatic N) is 4. The first-order valence-electron chi connectivity index (χ1n) is 8.21. The first-order chi connectivity index (χ1) is 11.2. The largest absolute Gasteiger partial charge is 0.381 e. The van der Waals surface area contributed by atoms with Crippen LogP contribution < -0.4 is 4.90 Å². The molecule has 0 N–H and O–H groups in total. The van der Waals surface area contributed by atoms with Gasteiger partial charge < -0.3 is 9.64 Å². The third-order valence-corrected chi connectivity index (χ3v) is 5.23. The van der Waals surface area contributed by atoms with Crippen molar-refractivity contribution in [1.82, 2.24) is 14.8 Å². The quantitative estimate of drug-likeness (QED) is 0.867. The van der Waals surface area contributed by atoms with E-state index in [2.05, 4.69) is 25.7 Å². The third-order valence-electron chi connectivity index (χ3n) is 4.88. The lowest BCUT2D eigenvalue weighted by molar-refractivity contribution is 0.182. The molecule has 1 aromatic carbocycles. The molecule has 6 heteroatoms. The smallest absolute Gasteiger partial charge is 0.227 e. The molecule has 1 fully saturated rings. The summed E-state index contributed by atoms with van der Waals surface area (Å²) in [6.45, 7) is 6.41. The van der Waals surface area contributed by atoms with Crippen molar-refractivity contribution in [3.63, 3.8) is 0 Å². The van der Waals surface area contributed by atoms with Crippen molar-refractivity contribution in [1.29, 1.82) is 0 Å². The molecule has 23 heavy (non-hydrogen) atoms. The molecular formula is C17H21ClN4O. The van der Waals surface area contributed by atoms with Crippen molar-refractivity contribution >= 4 is 17.5 Å². The van der Waals surface area contributed by atoms with Gasteiger partial charge in [0, 0.05) is 37.2 Å². The van der Waals surface area contributed by atoms with Crippen LogP contribution in [0.15, 0.2) is 18.2 Å². The highest BCUT2D eigenvalue weighted by Crippen LogP contribution is 2.29. The molecular weight excluding hydrogens is 312 g/mol. The van der Waals surface area contributed by atoms with Crippen molar-refractivity contribution in [2.45, 2.75) is 32.9 Å². The molecule has 2 aliphatic rings. The SMILES string of the molecule is Cc1nnc(N2CCc3cccc(Cl)c3C2)n1CC1CCOC1. The van der Waals surface area contributed by atoms with E-state index < -0.39 is 0 Å². The second-order valence-corrected chi connectivity index (χ2v) is 6.84. The van der Waals surface area contributed by atoms with Crippen molar-refractivity contribution < 1.29 is 4.74 Å². The van der Waals surface area contributed by atoms with Gasteiger partial charge in [-0.3, -0.25) is 4.57 Å². The number of ether oxygens (including phenoxy) is 1. The summed E-state index contributed by atoms with van der Waals surface area (Å²) in [6.07, 6.45) is 2.11. The number of aryl methyl sites for hydroxylation is 1. The highest BCUT2D eigenvalue weighted by atomic mass is 35.5. The molecule has 3 heterocycles. The van der Waals surface area contributed by atoms with Gasteiger partial charge >= 0.3 is 0 Å². The van der Waals surface area contributed by atoms with Crippen molar-refractivity contribution in [3.05, 3.63) is 40.2 Å². The molecule has 0 bridgehead atoms. The summed E-state index contributed by atoms with van der Waals surface area (Å²) in [7, 11) is 0. The minimum Gasteiger partial charge on any atom is -0.381 e. The van der Waals surface area contributed by atoms with Crippen LogP contribution in [0.3, 0.4) is 0 Å². The van der Waals surface area contributed by atoms with Gasteiger partial charge in [0.1, 0.15) is 5.82 Å². The second-order valence-electron chi connectivity index (χ2n) is 6.44. The molecule has 1 atom stereocenters. The zero-order valence-corrected chi connectivity index (χ0v) is 14.1. The van der Waals surface area contributed by atoms with E-state index in [-0.39, 0.29) is 0 Å². The number of hydrogen-bond acceptors (Lipinski definition) is 4. The van der Waals surface area contributed by atoms with Gasteiger partial charge in [-0.25, -0.2) is 0 Å². The van der Waals surface area contributed by atoms with E-state index >= 15 is 0 Å². The third kappa shape index (κ3) is 2.83. The van der Waals surface area contributed by atoms with E-state index in [0.29, 0.717) is 5.92 Å². The van der Waals surface area contributed by atoms with Gasteiger partial charge in [0.05, 0.1) is 6.61 Å². The zero-order valence-electron chi connectivity index (χ0n) is 13.3. The van der Waals surface area contributed by atoms with Gasteiger partial charge in [0.2, 0.25) is 5.95 Å². The van der Waals surface area contributed by atoms with E-state index in [1.54, 1.807) is 0 Å². The number of anilines is 1. The van der Waals surface area contributed by atoms with Crippen LogP contribution in [-0.4, -0.2) is 34.5 Å². The van der Waals surface area contributed by atoms with Crippen LogP contribution in [0.25, 0.3) is 0 Å². The Morgan fingerprint density at radius 3 is 3.09 bits per heavy atom. The van der Waals surface area contributed by atoms with Gasteiger partial charge in [-0.15, -0.1) is 10.2 Å². The normalized spacial score (nSPS) is 20.8. The molecule has 0 amide bonds. The van der Waals surface area contributed by atoms with E-state index in [1.807, 2.05) is 19.1 Å². The van der Waals surface area contributed by atoms with Crippen molar-refractivity contribution in [3.8, 4) is 0 Å². The molecule has 0 aliphatic carbocycles. The number of hydrogen-bond donors (Lipinski definition) is 0. The van der Waals surface area contributed by atoms with Crippen LogP contribution in [-0.2, 0) is 24.2 Å². The fourth-order valence-corrected chi connectivity index (χ4v) is 3.77. The van der Waals surface area contributed by atoms with Crippen LogP contribution in [0, 0.1) is 12.8 Å². The molecule has 1 aromatic heterocycles. The van der Waals surface area contributed by atoms with E-state index in [9.17, 15) is 0 Å². The maximum Gasteiger partial charge on any atom is 0.227 e. The number of fused-ring (bicyclic) bond motifs is 1. The summed E-state index contributed by atoms with van der Waals surface area (Å²) >= 11 is 6.39. The number of halogens is 1. The molecule has 2 aliphatic heterocycles. The average Bonchev–Trinajstić information content (AvgIpc) is 3.19. The van der Waals surface area contributed by atoms with Crippen molar-refractivity contribution in [2.24, 2.45) is 5.92 Å². The summed E-state index contributed by atoms with van der Waals surface area (Å²) in [4.78, 5) is 2.30. The molecule has 0 radical (unpaired) electrons. The van der Waals surface area contributed by atoms with Crippen molar-refractivity contribution in [2.75, 3.05) is 24.7 Å². The molecule has 122 valence electrons. The summed E-state index contributed by atoms with van der Waals surface area (Å²) in [5, 5.41) is 9.60. The Bertz CT molecular complexity index is 709. The Morgan fingerprint density at radius 2 is 2.26 bits per heavy atom. The number of benzene rings is 1. The van der Waals surface area contributed by atoms with E-state index in [1.165, 1.54) is 11.1 Å². The number of aromatic nitrogens is 3.